The zero-order valence-corrected chi connectivity index (χ0v) is 13.9. The minimum atomic E-state index is -0.638. The SMILES string of the molecule is CN(C)C(=O)/C(=C/[NH2+]C[C@H](O)CNc1ccc(CC#N)cc1)N=N. The second-order valence-electron chi connectivity index (χ2n) is 5.40. The summed E-state index contributed by atoms with van der Waals surface area (Å²) in [5.41, 5.74) is 8.83. The lowest BCUT2D eigenvalue weighted by molar-refractivity contribution is -0.595. The van der Waals surface area contributed by atoms with Gasteiger partial charge >= 0.3 is 0 Å². The summed E-state index contributed by atoms with van der Waals surface area (Å²) >= 11 is 0. The molecule has 1 rings (SSSR count). The average molecular weight is 331 g/mol. The van der Waals surface area contributed by atoms with Crippen LogP contribution in [0.2, 0.25) is 0 Å². The van der Waals surface area contributed by atoms with Crippen LogP contribution < -0.4 is 10.6 Å². The Morgan fingerprint density at radius 2 is 2.17 bits per heavy atom. The molecule has 0 spiro atoms. The molecule has 1 aromatic carbocycles. The molecular formula is C16H23N6O2+. The van der Waals surface area contributed by atoms with Crippen LogP contribution in [0.3, 0.4) is 0 Å². The summed E-state index contributed by atoms with van der Waals surface area (Å²) in [6, 6.07) is 9.53. The summed E-state index contributed by atoms with van der Waals surface area (Å²) in [6.07, 6.45) is 1.18. The zero-order chi connectivity index (χ0) is 17.9. The number of nitrogens with two attached hydrogens (primary N) is 1. The second-order valence-corrected chi connectivity index (χ2v) is 5.40. The van der Waals surface area contributed by atoms with Crippen molar-refractivity contribution < 1.29 is 15.2 Å². The molecule has 0 saturated heterocycles. The monoisotopic (exact) mass is 331 g/mol. The van der Waals surface area contributed by atoms with E-state index in [0.29, 0.717) is 19.5 Å². The first kappa shape index (κ1) is 19.3. The molecule has 0 unspecified atom stereocenters. The molecule has 128 valence electrons. The number of anilines is 1. The fourth-order valence-corrected chi connectivity index (χ4v) is 1.87. The number of nitrogens with one attached hydrogen (secondary N) is 2. The highest BCUT2D eigenvalue weighted by Crippen LogP contribution is 2.09. The summed E-state index contributed by atoms with van der Waals surface area (Å²) in [4.78, 5) is 13.0. The van der Waals surface area contributed by atoms with Gasteiger partial charge in [-0.05, 0) is 17.7 Å². The van der Waals surface area contributed by atoms with Crippen LogP contribution in [0.25, 0.3) is 0 Å². The van der Waals surface area contributed by atoms with Crippen LogP contribution in [-0.4, -0.2) is 49.2 Å². The van der Waals surface area contributed by atoms with Crippen molar-refractivity contribution in [1.29, 1.82) is 10.8 Å². The number of aliphatic hydroxyl groups excluding tert-OH is 1. The highest BCUT2D eigenvalue weighted by atomic mass is 16.3. The molecule has 1 amide bonds. The van der Waals surface area contributed by atoms with E-state index in [1.165, 1.54) is 11.1 Å². The van der Waals surface area contributed by atoms with Crippen LogP contribution >= 0.6 is 0 Å². The van der Waals surface area contributed by atoms with Crippen LogP contribution in [-0.2, 0) is 11.2 Å². The van der Waals surface area contributed by atoms with E-state index in [2.05, 4.69) is 16.5 Å². The van der Waals surface area contributed by atoms with Crippen LogP contribution in [0.5, 0.6) is 0 Å². The van der Waals surface area contributed by atoms with Gasteiger partial charge in [0.15, 0.2) is 0 Å². The van der Waals surface area contributed by atoms with Crippen molar-refractivity contribution in [3.05, 3.63) is 41.7 Å². The normalized spacial score (nSPS) is 12.2. The van der Waals surface area contributed by atoms with Crippen molar-refractivity contribution in [2.45, 2.75) is 12.5 Å². The van der Waals surface area contributed by atoms with Crippen molar-refractivity contribution >= 4 is 11.6 Å². The standard InChI is InChI=1S/C16H22N6O2/c1-22(2)16(24)15(21-18)11-19-9-14(23)10-20-13-5-3-12(4-6-13)7-8-17/h3-6,11,14,18-20,23H,7,9-10H2,1-2H3/p+1/b15-11-,21-18?/t14-/m0/s1. The van der Waals surface area contributed by atoms with Gasteiger partial charge in [0.1, 0.15) is 18.8 Å². The minimum Gasteiger partial charge on any atom is -0.385 e. The first-order valence-electron chi connectivity index (χ1n) is 7.48. The number of aliphatic hydroxyl groups is 1. The Bertz CT molecular complexity index is 618. The number of carbonyl (C=O) groups is 1. The van der Waals surface area contributed by atoms with Crippen LogP contribution in [0.4, 0.5) is 5.69 Å². The van der Waals surface area contributed by atoms with E-state index < -0.39 is 6.10 Å². The molecule has 1 atom stereocenters. The van der Waals surface area contributed by atoms with E-state index in [1.54, 1.807) is 19.4 Å². The van der Waals surface area contributed by atoms with E-state index >= 15 is 0 Å². The van der Waals surface area contributed by atoms with Crippen LogP contribution in [0.15, 0.2) is 41.3 Å². The number of amides is 1. The molecule has 8 nitrogen and oxygen atoms in total. The lowest BCUT2D eigenvalue weighted by Gasteiger charge is -2.11. The number of benzene rings is 1. The number of hydrogen-bond donors (Lipinski definition) is 4. The van der Waals surface area contributed by atoms with Gasteiger partial charge in [0.05, 0.1) is 12.5 Å². The Kier molecular flexibility index (Phi) is 8.11. The largest absolute Gasteiger partial charge is 0.385 e. The molecule has 0 aliphatic carbocycles. The molecule has 5 N–H and O–H groups in total. The molecule has 0 aliphatic heterocycles. The number of likely N-dealkylation sites (N-methyl/N-ethyl adjacent to an activating group) is 1. The maximum Gasteiger partial charge on any atom is 0.279 e. The fourth-order valence-electron chi connectivity index (χ4n) is 1.87. The first-order chi connectivity index (χ1) is 11.5. The van der Waals surface area contributed by atoms with E-state index in [0.717, 1.165) is 11.3 Å². The van der Waals surface area contributed by atoms with Gasteiger partial charge in [0.2, 0.25) is 5.70 Å². The molecule has 0 fully saturated rings. The van der Waals surface area contributed by atoms with Crippen molar-refractivity contribution in [1.82, 2.24) is 4.90 Å². The quantitative estimate of drug-likeness (QED) is 0.376. The van der Waals surface area contributed by atoms with Gasteiger partial charge in [-0.15, -0.1) is 5.11 Å². The third kappa shape index (κ3) is 6.56. The Labute approximate surface area is 141 Å². The molecule has 1 aromatic rings. The predicted octanol–water partition coefficient (Wildman–Crippen LogP) is 0.0495. The Balaban J connectivity index is 2.41. The predicted molar refractivity (Wildman–Crippen MR) is 89.0 cm³/mol. The van der Waals surface area contributed by atoms with E-state index in [1.807, 2.05) is 24.3 Å². The van der Waals surface area contributed by atoms with Gasteiger partial charge in [-0.3, -0.25) is 4.79 Å². The maximum atomic E-state index is 11.7. The molecule has 0 saturated carbocycles. The molecular weight excluding hydrogens is 308 g/mol. The molecule has 0 bridgehead atoms. The molecule has 0 aromatic heterocycles. The lowest BCUT2D eigenvalue weighted by Crippen LogP contribution is -2.81. The topological polar surface area (TPSA) is 129 Å². The van der Waals surface area contributed by atoms with Crippen molar-refractivity contribution in [3.63, 3.8) is 0 Å². The van der Waals surface area contributed by atoms with Crippen LogP contribution in [0.1, 0.15) is 5.56 Å². The fraction of sp³-hybridized carbons (Fsp3) is 0.375. The highest BCUT2D eigenvalue weighted by molar-refractivity contribution is 5.92. The summed E-state index contributed by atoms with van der Waals surface area (Å²) in [7, 11) is 3.17. The Morgan fingerprint density at radius 3 is 2.71 bits per heavy atom. The van der Waals surface area contributed by atoms with Gasteiger partial charge in [-0.2, -0.15) is 5.26 Å². The molecule has 24 heavy (non-hydrogen) atoms. The van der Waals surface area contributed by atoms with Gasteiger partial charge in [0, 0.05) is 26.3 Å². The number of nitriles is 1. The number of carbonyl (C=O) groups excluding carboxylic acids is 1. The number of hydrogen-bond acceptors (Lipinski definition) is 6. The summed E-state index contributed by atoms with van der Waals surface area (Å²) in [5.74, 6) is -0.355. The Morgan fingerprint density at radius 1 is 1.50 bits per heavy atom. The van der Waals surface area contributed by atoms with Gasteiger partial charge in [-0.25, -0.2) is 5.53 Å². The number of nitrogens with zero attached hydrogens (tertiary/aromatic N) is 3. The summed E-state index contributed by atoms with van der Waals surface area (Å²) in [6.45, 7) is 0.677. The lowest BCUT2D eigenvalue weighted by atomic mass is 10.1. The van der Waals surface area contributed by atoms with E-state index in [4.69, 9.17) is 10.8 Å². The van der Waals surface area contributed by atoms with Crippen molar-refractivity contribution in [2.75, 3.05) is 32.5 Å². The van der Waals surface area contributed by atoms with Gasteiger partial charge < -0.3 is 20.6 Å². The molecule has 8 heteroatoms. The molecule has 0 radical (unpaired) electrons. The Hall–Kier alpha value is -2.76. The highest BCUT2D eigenvalue weighted by Gasteiger charge is 2.13. The number of rotatable bonds is 9. The first-order valence-corrected chi connectivity index (χ1v) is 7.48. The van der Waals surface area contributed by atoms with Crippen molar-refractivity contribution in [3.8, 4) is 6.07 Å². The molecule has 0 aliphatic rings. The van der Waals surface area contributed by atoms with Gasteiger partial charge in [0.25, 0.3) is 5.91 Å². The van der Waals surface area contributed by atoms with Gasteiger partial charge in [-0.1, -0.05) is 12.1 Å². The van der Waals surface area contributed by atoms with Crippen molar-refractivity contribution in [2.24, 2.45) is 5.11 Å². The van der Waals surface area contributed by atoms with E-state index in [9.17, 15) is 9.90 Å². The number of quaternary nitrogens is 1. The average Bonchev–Trinajstić information content (AvgIpc) is 2.57. The third-order valence-corrected chi connectivity index (χ3v) is 3.21. The third-order valence-electron chi connectivity index (χ3n) is 3.21. The molecule has 0 heterocycles. The minimum absolute atomic E-state index is 0.0215. The van der Waals surface area contributed by atoms with Crippen LogP contribution in [0, 0.1) is 16.9 Å². The zero-order valence-electron chi connectivity index (χ0n) is 13.9. The summed E-state index contributed by atoms with van der Waals surface area (Å²) < 4.78 is 0. The maximum absolute atomic E-state index is 11.7. The van der Waals surface area contributed by atoms with E-state index in [-0.39, 0.29) is 11.6 Å². The summed E-state index contributed by atoms with van der Waals surface area (Å²) in [5, 5.41) is 26.5. The smallest absolute Gasteiger partial charge is 0.279 e. The second kappa shape index (κ2) is 10.1.